The first-order valence-electron chi connectivity index (χ1n) is 4.68. The average Bonchev–Trinajstić information content (AvgIpc) is 2.45. The van der Waals surface area contributed by atoms with E-state index in [1.165, 1.54) is 0 Å². The molecule has 1 unspecified atom stereocenters. The van der Waals surface area contributed by atoms with Gasteiger partial charge in [0.15, 0.2) is 0 Å². The molecule has 0 fully saturated rings. The lowest BCUT2D eigenvalue weighted by Crippen LogP contribution is -2.32. The van der Waals surface area contributed by atoms with Gasteiger partial charge in [-0.15, -0.1) is 0 Å². The molecule has 92 valence electrons. The zero-order chi connectivity index (χ0) is 12.3. The van der Waals surface area contributed by atoms with Crippen LogP contribution < -0.4 is 5.73 Å². The second-order valence-corrected chi connectivity index (χ2v) is 4.38. The summed E-state index contributed by atoms with van der Waals surface area (Å²) in [5.41, 5.74) is 5.77. The highest BCUT2D eigenvalue weighted by atomic mass is 32.2. The number of alkyl halides is 3. The maximum absolute atomic E-state index is 12.4. The molecule has 0 radical (unpaired) electrons. The summed E-state index contributed by atoms with van der Waals surface area (Å²) in [4.78, 5) is 3.99. The smallest absolute Gasteiger partial charge is 0.393 e. The van der Waals surface area contributed by atoms with Gasteiger partial charge in [0.05, 0.1) is 11.6 Å². The van der Waals surface area contributed by atoms with E-state index in [-0.39, 0.29) is 11.0 Å². The molecule has 1 atom stereocenters. The third kappa shape index (κ3) is 3.41. The van der Waals surface area contributed by atoms with Gasteiger partial charge >= 0.3 is 6.18 Å². The van der Waals surface area contributed by atoms with Crippen molar-refractivity contribution in [2.75, 3.05) is 12.3 Å². The highest BCUT2D eigenvalue weighted by Crippen LogP contribution is 2.31. The van der Waals surface area contributed by atoms with Gasteiger partial charge in [-0.05, 0) is 13.8 Å². The Kier molecular flexibility index (Phi) is 4.26. The lowest BCUT2D eigenvalue weighted by molar-refractivity contribution is -0.165. The summed E-state index contributed by atoms with van der Waals surface area (Å²) < 4.78 is 42.3. The Hall–Kier alpha value is -0.690. The molecule has 1 rings (SSSR count). The van der Waals surface area contributed by atoms with Crippen LogP contribution in [0.5, 0.6) is 0 Å². The molecule has 0 amide bonds. The van der Waals surface area contributed by atoms with E-state index >= 15 is 0 Å². The molecular weight excluding hydrogens is 241 g/mol. The second kappa shape index (κ2) is 5.09. The molecule has 0 aliphatic carbocycles. The molecule has 0 aliphatic rings. The number of hydrogen-bond acceptors (Lipinski definition) is 4. The summed E-state index contributed by atoms with van der Waals surface area (Å²) in [5.74, 6) is -1.07. The minimum Gasteiger partial charge on any atom is -0.437 e. The van der Waals surface area contributed by atoms with Crippen LogP contribution in [0.3, 0.4) is 0 Å². The van der Waals surface area contributed by atoms with E-state index in [9.17, 15) is 13.2 Å². The van der Waals surface area contributed by atoms with Crippen LogP contribution in [0.15, 0.2) is 9.64 Å². The van der Waals surface area contributed by atoms with Crippen molar-refractivity contribution >= 4 is 11.8 Å². The Bertz CT molecular complexity index is 332. The molecule has 0 bridgehead atoms. The topological polar surface area (TPSA) is 52.0 Å². The third-order valence-electron chi connectivity index (χ3n) is 2.16. The second-order valence-electron chi connectivity index (χ2n) is 3.41. The van der Waals surface area contributed by atoms with Crippen molar-refractivity contribution in [3.05, 3.63) is 11.5 Å². The zero-order valence-electron chi connectivity index (χ0n) is 8.97. The van der Waals surface area contributed by atoms with Crippen LogP contribution in [0.25, 0.3) is 0 Å². The quantitative estimate of drug-likeness (QED) is 0.839. The van der Waals surface area contributed by atoms with E-state index in [1.54, 1.807) is 13.8 Å². The van der Waals surface area contributed by atoms with Gasteiger partial charge in [-0.1, -0.05) is 11.8 Å². The molecule has 0 spiro atoms. The maximum Gasteiger partial charge on any atom is 0.393 e. The molecule has 1 aromatic rings. The van der Waals surface area contributed by atoms with Gasteiger partial charge in [0.25, 0.3) is 5.22 Å². The van der Waals surface area contributed by atoms with Gasteiger partial charge in [-0.25, -0.2) is 4.98 Å². The van der Waals surface area contributed by atoms with Gasteiger partial charge < -0.3 is 10.2 Å². The summed E-state index contributed by atoms with van der Waals surface area (Å²) >= 11 is 0.937. The number of oxazole rings is 1. The van der Waals surface area contributed by atoms with Gasteiger partial charge in [-0.2, -0.15) is 13.2 Å². The van der Waals surface area contributed by atoms with E-state index in [0.29, 0.717) is 11.5 Å². The van der Waals surface area contributed by atoms with E-state index in [2.05, 4.69) is 4.98 Å². The van der Waals surface area contributed by atoms with Crippen molar-refractivity contribution in [3.63, 3.8) is 0 Å². The van der Waals surface area contributed by atoms with E-state index in [1.807, 2.05) is 0 Å². The Morgan fingerprint density at radius 1 is 1.44 bits per heavy atom. The summed E-state index contributed by atoms with van der Waals surface area (Å²) in [5, 5.41) is 0.262. The number of hydrogen-bond donors (Lipinski definition) is 1. The van der Waals surface area contributed by atoms with Crippen LogP contribution in [-0.2, 0) is 0 Å². The number of aryl methyl sites for hydroxylation is 2. The first-order valence-corrected chi connectivity index (χ1v) is 5.66. The van der Waals surface area contributed by atoms with E-state index in [0.717, 1.165) is 11.8 Å². The van der Waals surface area contributed by atoms with E-state index < -0.39 is 18.6 Å². The lowest BCUT2D eigenvalue weighted by atomic mass is 10.2. The molecule has 16 heavy (non-hydrogen) atoms. The first-order chi connectivity index (χ1) is 7.34. The van der Waals surface area contributed by atoms with Gasteiger partial charge in [0.1, 0.15) is 5.76 Å². The minimum absolute atomic E-state index is 0.167. The molecule has 0 saturated heterocycles. The fourth-order valence-electron chi connectivity index (χ4n) is 0.973. The fourth-order valence-corrected chi connectivity index (χ4v) is 2.03. The summed E-state index contributed by atoms with van der Waals surface area (Å²) in [6.45, 7) is 3.04. The Labute approximate surface area is 95.6 Å². The summed E-state index contributed by atoms with van der Waals surface area (Å²) in [6.07, 6.45) is -4.27. The number of rotatable bonds is 4. The number of thioether (sulfide) groups is 1. The average molecular weight is 254 g/mol. The number of nitrogens with two attached hydrogens (primary N) is 1. The SMILES string of the molecule is Cc1nc(SCC(CN)C(F)(F)F)oc1C. The van der Waals surface area contributed by atoms with Crippen molar-refractivity contribution in [2.45, 2.75) is 25.2 Å². The highest BCUT2D eigenvalue weighted by molar-refractivity contribution is 7.99. The van der Waals surface area contributed by atoms with Crippen molar-refractivity contribution in [2.24, 2.45) is 11.7 Å². The molecule has 1 aromatic heterocycles. The predicted molar refractivity (Wildman–Crippen MR) is 55.3 cm³/mol. The van der Waals surface area contributed by atoms with Crippen molar-refractivity contribution in [1.82, 2.24) is 4.98 Å². The number of aromatic nitrogens is 1. The number of nitrogens with zero attached hydrogens (tertiary/aromatic N) is 1. The van der Waals surface area contributed by atoms with Crippen molar-refractivity contribution < 1.29 is 17.6 Å². The molecule has 3 nitrogen and oxygen atoms in total. The Morgan fingerprint density at radius 3 is 2.44 bits per heavy atom. The van der Waals surface area contributed by atoms with Crippen molar-refractivity contribution in [1.29, 1.82) is 0 Å². The Balaban J connectivity index is 2.56. The first kappa shape index (κ1) is 13.4. The van der Waals surface area contributed by atoms with Gasteiger partial charge in [0.2, 0.25) is 0 Å². The van der Waals surface area contributed by atoms with Gasteiger partial charge in [0, 0.05) is 12.3 Å². The van der Waals surface area contributed by atoms with Crippen LogP contribution in [-0.4, -0.2) is 23.5 Å². The third-order valence-corrected chi connectivity index (χ3v) is 3.15. The molecule has 0 saturated carbocycles. The predicted octanol–water partition coefficient (Wildman–Crippen LogP) is 2.52. The zero-order valence-corrected chi connectivity index (χ0v) is 9.78. The Morgan fingerprint density at radius 2 is 2.06 bits per heavy atom. The summed E-state index contributed by atoms with van der Waals surface area (Å²) in [6, 6.07) is 0. The molecule has 2 N–H and O–H groups in total. The fraction of sp³-hybridized carbons (Fsp3) is 0.667. The van der Waals surface area contributed by atoms with Crippen LogP contribution >= 0.6 is 11.8 Å². The number of halogens is 3. The molecule has 1 heterocycles. The highest BCUT2D eigenvalue weighted by Gasteiger charge is 2.38. The monoisotopic (exact) mass is 254 g/mol. The lowest BCUT2D eigenvalue weighted by Gasteiger charge is -2.16. The normalized spacial score (nSPS) is 14.1. The molecule has 7 heteroatoms. The molecule has 0 aliphatic heterocycles. The van der Waals surface area contributed by atoms with Crippen LogP contribution in [0.4, 0.5) is 13.2 Å². The molecular formula is C9H13F3N2OS. The molecule has 0 aromatic carbocycles. The van der Waals surface area contributed by atoms with Gasteiger partial charge in [-0.3, -0.25) is 0 Å². The van der Waals surface area contributed by atoms with E-state index in [4.69, 9.17) is 10.2 Å². The van der Waals surface area contributed by atoms with Crippen LogP contribution in [0, 0.1) is 19.8 Å². The largest absolute Gasteiger partial charge is 0.437 e. The van der Waals surface area contributed by atoms with Crippen LogP contribution in [0.2, 0.25) is 0 Å². The summed E-state index contributed by atoms with van der Waals surface area (Å²) in [7, 11) is 0. The standard InChI is InChI=1S/C9H13F3N2OS/c1-5-6(2)15-8(14-5)16-4-7(3-13)9(10,11)12/h7H,3-4,13H2,1-2H3. The minimum atomic E-state index is -4.27. The van der Waals surface area contributed by atoms with Crippen molar-refractivity contribution in [3.8, 4) is 0 Å². The maximum atomic E-state index is 12.4. The van der Waals surface area contributed by atoms with Crippen LogP contribution in [0.1, 0.15) is 11.5 Å².